The van der Waals surface area contributed by atoms with Crippen LogP contribution in [0.3, 0.4) is 0 Å². The second kappa shape index (κ2) is 7.94. The number of rotatable bonds is 4. The number of carbonyl (C=O) groups excluding carboxylic acids is 1. The van der Waals surface area contributed by atoms with Crippen molar-refractivity contribution in [1.29, 1.82) is 0 Å². The van der Waals surface area contributed by atoms with Gasteiger partial charge in [-0.2, -0.15) is 0 Å². The lowest BCUT2D eigenvalue weighted by Gasteiger charge is -2.34. The van der Waals surface area contributed by atoms with E-state index in [9.17, 15) is 9.90 Å². The zero-order chi connectivity index (χ0) is 22.5. The summed E-state index contributed by atoms with van der Waals surface area (Å²) in [5.74, 6) is 1.73. The van der Waals surface area contributed by atoms with Crippen molar-refractivity contribution in [2.75, 3.05) is 36.5 Å². The van der Waals surface area contributed by atoms with Crippen LogP contribution in [-0.2, 0) is 11.2 Å². The van der Waals surface area contributed by atoms with Gasteiger partial charge in [0.1, 0.15) is 11.4 Å². The smallest absolute Gasteiger partial charge is 0.256 e. The number of anilines is 2. The van der Waals surface area contributed by atoms with Crippen molar-refractivity contribution < 1.29 is 14.6 Å². The molecule has 1 fully saturated rings. The molecule has 0 aliphatic carbocycles. The lowest BCUT2D eigenvalue weighted by atomic mass is 9.96. The van der Waals surface area contributed by atoms with Gasteiger partial charge in [-0.1, -0.05) is 0 Å². The molecule has 4 heterocycles. The third-order valence-electron chi connectivity index (χ3n) is 6.56. The number of allylic oxidation sites excluding steroid dienone is 1. The summed E-state index contributed by atoms with van der Waals surface area (Å²) in [5.41, 5.74) is 7.47. The quantitative estimate of drug-likeness (QED) is 0.671. The van der Waals surface area contributed by atoms with Gasteiger partial charge in [0, 0.05) is 56.7 Å². The van der Waals surface area contributed by atoms with Gasteiger partial charge in [-0.05, 0) is 51.2 Å². The molecule has 170 valence electrons. The van der Waals surface area contributed by atoms with Crippen LogP contribution in [-0.4, -0.2) is 54.1 Å². The molecule has 0 spiro atoms. The van der Waals surface area contributed by atoms with Gasteiger partial charge in [0.15, 0.2) is 5.82 Å². The van der Waals surface area contributed by atoms with Crippen LogP contribution < -0.4 is 20.4 Å². The first kappa shape index (κ1) is 21.0. The van der Waals surface area contributed by atoms with Gasteiger partial charge in [-0.3, -0.25) is 9.80 Å². The first-order chi connectivity index (χ1) is 15.3. The highest BCUT2D eigenvalue weighted by Crippen LogP contribution is 2.42. The highest BCUT2D eigenvalue weighted by atomic mass is 16.5. The molecule has 4 aliphatic heterocycles. The van der Waals surface area contributed by atoms with Crippen molar-refractivity contribution in [3.8, 4) is 5.75 Å². The van der Waals surface area contributed by atoms with Crippen LogP contribution >= 0.6 is 0 Å². The Hall–Kier alpha value is -2.84. The first-order valence-corrected chi connectivity index (χ1v) is 11.3. The number of aliphatic hydroxyl groups excluding tert-OH is 1. The predicted molar refractivity (Wildman–Crippen MR) is 125 cm³/mol. The van der Waals surface area contributed by atoms with Crippen molar-refractivity contribution in [3.63, 3.8) is 0 Å². The van der Waals surface area contributed by atoms with Crippen LogP contribution in [0, 0.1) is 5.92 Å². The average molecular weight is 438 g/mol. The van der Waals surface area contributed by atoms with E-state index in [2.05, 4.69) is 46.6 Å². The third kappa shape index (κ3) is 3.89. The summed E-state index contributed by atoms with van der Waals surface area (Å²) in [7, 11) is 0. The minimum atomic E-state index is -0.256. The Bertz CT molecular complexity index is 1030. The number of nitrogens with one attached hydrogen (secondary N) is 2. The molecule has 32 heavy (non-hydrogen) atoms. The molecule has 1 saturated heterocycles. The van der Waals surface area contributed by atoms with Crippen molar-refractivity contribution >= 4 is 23.5 Å². The van der Waals surface area contributed by atoms with Crippen LogP contribution in [0.4, 0.5) is 11.4 Å². The Kier molecular flexibility index (Phi) is 5.22. The number of aliphatic imine (C=N–C) groups is 1. The molecule has 0 saturated carbocycles. The maximum atomic E-state index is 13.3. The second-order valence-electron chi connectivity index (χ2n) is 9.72. The van der Waals surface area contributed by atoms with Crippen molar-refractivity contribution in [1.82, 2.24) is 10.4 Å². The van der Waals surface area contributed by atoms with Gasteiger partial charge in [-0.15, -0.1) is 0 Å². The van der Waals surface area contributed by atoms with Crippen molar-refractivity contribution in [2.24, 2.45) is 10.9 Å². The van der Waals surface area contributed by atoms with Gasteiger partial charge in [-0.25, -0.2) is 10.4 Å². The molecule has 4 aliphatic rings. The minimum absolute atomic E-state index is 0.148. The Labute approximate surface area is 188 Å². The fourth-order valence-electron chi connectivity index (χ4n) is 4.85. The minimum Gasteiger partial charge on any atom is -0.487 e. The maximum absolute atomic E-state index is 13.3. The number of hydrazine groups is 1. The molecule has 8 nitrogen and oxygen atoms in total. The molecule has 0 atom stereocenters. The first-order valence-electron chi connectivity index (χ1n) is 11.3. The van der Waals surface area contributed by atoms with Gasteiger partial charge in [0.2, 0.25) is 0 Å². The van der Waals surface area contributed by atoms with Crippen LogP contribution in [0.1, 0.15) is 39.2 Å². The Morgan fingerprint density at radius 3 is 2.88 bits per heavy atom. The molecule has 1 aromatic carbocycles. The number of amides is 1. The van der Waals surface area contributed by atoms with E-state index in [0.717, 1.165) is 60.6 Å². The highest BCUT2D eigenvalue weighted by molar-refractivity contribution is 6.07. The van der Waals surface area contributed by atoms with E-state index in [4.69, 9.17) is 4.74 Å². The van der Waals surface area contributed by atoms with E-state index < -0.39 is 0 Å². The van der Waals surface area contributed by atoms with E-state index in [1.54, 1.807) is 6.21 Å². The van der Waals surface area contributed by atoms with Crippen molar-refractivity contribution in [2.45, 2.75) is 45.6 Å². The number of piperidine rings is 1. The van der Waals surface area contributed by atoms with E-state index in [1.807, 2.05) is 18.1 Å². The lowest BCUT2D eigenvalue weighted by molar-refractivity contribution is -0.112. The Morgan fingerprint density at radius 1 is 1.34 bits per heavy atom. The molecule has 5 rings (SSSR count). The van der Waals surface area contributed by atoms with Crippen LogP contribution in [0.5, 0.6) is 5.75 Å². The largest absolute Gasteiger partial charge is 0.487 e. The van der Waals surface area contributed by atoms with Crippen molar-refractivity contribution in [3.05, 3.63) is 40.9 Å². The normalized spacial score (nSPS) is 21.9. The molecule has 1 aromatic rings. The van der Waals surface area contributed by atoms with Gasteiger partial charge in [0.05, 0.1) is 16.9 Å². The van der Waals surface area contributed by atoms with Crippen LogP contribution in [0.15, 0.2) is 40.3 Å². The molecule has 8 heteroatoms. The Morgan fingerprint density at radius 2 is 2.12 bits per heavy atom. The molecule has 0 bridgehead atoms. The predicted octanol–water partition coefficient (Wildman–Crippen LogP) is 2.57. The number of fused-ring (bicyclic) bond motifs is 2. The summed E-state index contributed by atoms with van der Waals surface area (Å²) in [4.78, 5) is 20.0. The number of hydrogen-bond donors (Lipinski definition) is 3. The zero-order valence-electron chi connectivity index (χ0n) is 18.9. The van der Waals surface area contributed by atoms with Gasteiger partial charge >= 0.3 is 0 Å². The summed E-state index contributed by atoms with van der Waals surface area (Å²) in [5, 5.41) is 14.5. The van der Waals surface area contributed by atoms with Gasteiger partial charge in [0.25, 0.3) is 5.91 Å². The molecule has 0 unspecified atom stereocenters. The number of carbonyl (C=O) groups is 1. The molecule has 3 N–H and O–H groups in total. The van der Waals surface area contributed by atoms with Gasteiger partial charge < -0.3 is 20.1 Å². The average Bonchev–Trinajstić information content (AvgIpc) is 3.31. The lowest BCUT2D eigenvalue weighted by Crippen LogP contribution is -2.35. The number of aliphatic hydroxyl groups is 1. The van der Waals surface area contributed by atoms with E-state index in [0.29, 0.717) is 23.9 Å². The summed E-state index contributed by atoms with van der Waals surface area (Å²) in [6.45, 7) is 8.48. The summed E-state index contributed by atoms with van der Waals surface area (Å²) in [6, 6.07) is 4.13. The summed E-state index contributed by atoms with van der Waals surface area (Å²) >= 11 is 0. The fourth-order valence-corrected chi connectivity index (χ4v) is 4.85. The van der Waals surface area contributed by atoms with Crippen LogP contribution in [0.25, 0.3) is 0 Å². The van der Waals surface area contributed by atoms with Crippen LogP contribution in [0.2, 0.25) is 0 Å². The number of benzene rings is 1. The topological polar surface area (TPSA) is 89.4 Å². The zero-order valence-corrected chi connectivity index (χ0v) is 18.9. The molecular formula is C24H31N5O3. The SMILES string of the molecule is CC1=CN2NCC(C(=O)Nc3cc4c(cc3N3CCC(CO)CC3)OC(C)(C)C4)=C2N=C1. The van der Waals surface area contributed by atoms with E-state index in [-0.39, 0.29) is 18.1 Å². The standard InChI is InChI=1S/C24H31N5O3/c1-15-11-25-22-18(12-26-29(22)13-15)23(31)27-19-8-17-10-24(2,3)32-21(17)9-20(19)28-6-4-16(14-30)5-7-28/h8-9,11,13,16,26,30H,4-7,10,12,14H2,1-3H3,(H,27,31). The van der Waals surface area contributed by atoms with E-state index in [1.165, 1.54) is 0 Å². The summed E-state index contributed by atoms with van der Waals surface area (Å²) in [6.07, 6.45) is 6.38. The number of ether oxygens (including phenoxy) is 1. The molecule has 1 amide bonds. The second-order valence-corrected chi connectivity index (χ2v) is 9.72. The Balaban J connectivity index is 1.45. The molecule has 0 aromatic heterocycles. The summed E-state index contributed by atoms with van der Waals surface area (Å²) < 4.78 is 6.18. The fraction of sp³-hybridized carbons (Fsp3) is 0.500. The maximum Gasteiger partial charge on any atom is 0.256 e. The van der Waals surface area contributed by atoms with E-state index >= 15 is 0 Å². The number of hydrogen-bond acceptors (Lipinski definition) is 7. The number of nitrogens with zero attached hydrogens (tertiary/aromatic N) is 3. The third-order valence-corrected chi connectivity index (χ3v) is 6.56. The molecular weight excluding hydrogens is 406 g/mol. The highest BCUT2D eigenvalue weighted by Gasteiger charge is 2.33. The molecule has 0 radical (unpaired) electrons. The monoisotopic (exact) mass is 437 g/mol.